The minimum absolute atomic E-state index is 0.0677. The van der Waals surface area contributed by atoms with Gasteiger partial charge in [-0.05, 0) is 36.4 Å². The van der Waals surface area contributed by atoms with Gasteiger partial charge in [-0.3, -0.25) is 9.59 Å². The predicted octanol–water partition coefficient (Wildman–Crippen LogP) is 1.74. The molecule has 8 nitrogen and oxygen atoms in total. The van der Waals surface area contributed by atoms with Gasteiger partial charge in [-0.2, -0.15) is 0 Å². The topological polar surface area (TPSA) is 129 Å². The van der Waals surface area contributed by atoms with Crippen LogP contribution < -0.4 is 22.1 Å². The second-order valence-corrected chi connectivity index (χ2v) is 5.66. The number of nitrogens with two attached hydrogens (primary N) is 2. The van der Waals surface area contributed by atoms with E-state index in [1.165, 1.54) is 24.3 Å². The van der Waals surface area contributed by atoms with Crippen LogP contribution >= 0.6 is 0 Å². The van der Waals surface area contributed by atoms with Crippen molar-refractivity contribution >= 4 is 34.6 Å². The van der Waals surface area contributed by atoms with Gasteiger partial charge in [-0.25, -0.2) is 8.78 Å². The van der Waals surface area contributed by atoms with Crippen molar-refractivity contribution in [1.82, 2.24) is 0 Å². The number of amides is 2. The first-order valence-electron chi connectivity index (χ1n) is 8.20. The van der Waals surface area contributed by atoms with Gasteiger partial charge in [0.15, 0.2) is 0 Å². The van der Waals surface area contributed by atoms with Gasteiger partial charge in [0.2, 0.25) is 11.8 Å². The van der Waals surface area contributed by atoms with Gasteiger partial charge in [-0.1, -0.05) is 0 Å². The summed E-state index contributed by atoms with van der Waals surface area (Å²) in [5.41, 5.74) is 11.9. The summed E-state index contributed by atoms with van der Waals surface area (Å²) in [7, 11) is 0. The van der Waals surface area contributed by atoms with E-state index in [1.807, 2.05) is 0 Å². The summed E-state index contributed by atoms with van der Waals surface area (Å²) in [6.45, 7) is -0.395. The Balaban J connectivity index is 1.59. The van der Waals surface area contributed by atoms with Crippen LogP contribution in [-0.2, 0) is 19.1 Å². The SMILES string of the molecule is Nc1cc(F)ccc1NC(=O)COCCOCC(=O)Nc1ccc(F)cc1N. The third-order valence-corrected chi connectivity index (χ3v) is 3.41. The van der Waals surface area contributed by atoms with E-state index < -0.39 is 23.4 Å². The van der Waals surface area contributed by atoms with Crippen molar-refractivity contribution in [2.75, 3.05) is 48.5 Å². The predicted molar refractivity (Wildman–Crippen MR) is 101 cm³/mol. The molecule has 0 aliphatic rings. The average molecular weight is 394 g/mol. The van der Waals surface area contributed by atoms with Crippen LogP contribution in [0.2, 0.25) is 0 Å². The van der Waals surface area contributed by atoms with Gasteiger partial charge in [0.25, 0.3) is 0 Å². The molecule has 0 spiro atoms. The largest absolute Gasteiger partial charge is 0.397 e. The molecule has 0 aromatic heterocycles. The lowest BCUT2D eigenvalue weighted by Gasteiger charge is -2.10. The highest BCUT2D eigenvalue weighted by molar-refractivity contribution is 5.95. The first kappa shape index (κ1) is 21.1. The van der Waals surface area contributed by atoms with Crippen LogP contribution in [0.3, 0.4) is 0 Å². The minimum atomic E-state index is -0.505. The van der Waals surface area contributed by atoms with E-state index in [2.05, 4.69) is 10.6 Å². The number of halogens is 2. The third-order valence-electron chi connectivity index (χ3n) is 3.41. The van der Waals surface area contributed by atoms with E-state index in [9.17, 15) is 18.4 Å². The number of rotatable bonds is 9. The number of anilines is 4. The lowest BCUT2D eigenvalue weighted by molar-refractivity contribution is -0.124. The molecule has 0 bridgehead atoms. The van der Waals surface area contributed by atoms with Crippen LogP contribution in [0.1, 0.15) is 0 Å². The molecule has 0 atom stereocenters. The zero-order chi connectivity index (χ0) is 20.5. The molecular formula is C18H20F2N4O4. The first-order chi connectivity index (χ1) is 13.3. The van der Waals surface area contributed by atoms with E-state index in [-0.39, 0.29) is 49.2 Å². The Kier molecular flexibility index (Phi) is 7.66. The highest BCUT2D eigenvalue weighted by atomic mass is 19.1. The molecule has 0 aliphatic carbocycles. The highest BCUT2D eigenvalue weighted by Crippen LogP contribution is 2.19. The van der Waals surface area contributed by atoms with Crippen LogP contribution in [0.5, 0.6) is 0 Å². The Hall–Kier alpha value is -3.24. The summed E-state index contributed by atoms with van der Waals surface area (Å²) in [4.78, 5) is 23.4. The van der Waals surface area contributed by atoms with Crippen molar-refractivity contribution in [2.45, 2.75) is 0 Å². The van der Waals surface area contributed by atoms with Crippen molar-refractivity contribution < 1.29 is 27.8 Å². The van der Waals surface area contributed by atoms with Crippen molar-refractivity contribution in [3.63, 3.8) is 0 Å². The first-order valence-corrected chi connectivity index (χ1v) is 8.20. The maximum Gasteiger partial charge on any atom is 0.250 e. The van der Waals surface area contributed by atoms with E-state index in [0.717, 1.165) is 12.1 Å². The molecule has 0 saturated heterocycles. The smallest absolute Gasteiger partial charge is 0.250 e. The molecule has 2 amide bonds. The van der Waals surface area contributed by atoms with Gasteiger partial charge in [-0.15, -0.1) is 0 Å². The van der Waals surface area contributed by atoms with Crippen LogP contribution in [0.4, 0.5) is 31.5 Å². The van der Waals surface area contributed by atoms with Gasteiger partial charge >= 0.3 is 0 Å². The van der Waals surface area contributed by atoms with Crippen molar-refractivity contribution in [1.29, 1.82) is 0 Å². The summed E-state index contributed by atoms with van der Waals surface area (Å²) >= 11 is 0. The Morgan fingerprint density at radius 1 is 0.786 bits per heavy atom. The fraction of sp³-hybridized carbons (Fsp3) is 0.222. The van der Waals surface area contributed by atoms with Gasteiger partial charge in [0, 0.05) is 0 Å². The fourth-order valence-corrected chi connectivity index (χ4v) is 2.12. The molecule has 0 unspecified atom stereocenters. The Bertz CT molecular complexity index is 779. The molecule has 10 heteroatoms. The van der Waals surface area contributed by atoms with Crippen LogP contribution in [0.15, 0.2) is 36.4 Å². The Morgan fingerprint density at radius 2 is 1.18 bits per heavy atom. The molecular weight excluding hydrogens is 374 g/mol. The normalized spacial score (nSPS) is 10.5. The number of nitrogens with one attached hydrogen (secondary N) is 2. The lowest BCUT2D eigenvalue weighted by atomic mass is 10.2. The van der Waals surface area contributed by atoms with E-state index >= 15 is 0 Å². The molecule has 2 aromatic carbocycles. The molecule has 0 heterocycles. The molecule has 6 N–H and O–H groups in total. The van der Waals surface area contributed by atoms with Crippen LogP contribution in [-0.4, -0.2) is 38.2 Å². The van der Waals surface area contributed by atoms with Crippen LogP contribution in [0.25, 0.3) is 0 Å². The number of hydrogen-bond donors (Lipinski definition) is 4. The van der Waals surface area contributed by atoms with Crippen molar-refractivity contribution in [3.05, 3.63) is 48.0 Å². The summed E-state index contributed by atoms with van der Waals surface area (Å²) in [6, 6.07) is 7.22. The van der Waals surface area contributed by atoms with Gasteiger partial charge < -0.3 is 31.6 Å². The van der Waals surface area contributed by atoms with E-state index in [0.29, 0.717) is 0 Å². The average Bonchev–Trinajstić information content (AvgIpc) is 2.63. The lowest BCUT2D eigenvalue weighted by Crippen LogP contribution is -2.22. The zero-order valence-corrected chi connectivity index (χ0v) is 14.8. The number of hydrogen-bond acceptors (Lipinski definition) is 6. The summed E-state index contributed by atoms with van der Waals surface area (Å²) in [5, 5.41) is 4.97. The van der Waals surface area contributed by atoms with Crippen LogP contribution in [0, 0.1) is 11.6 Å². The second-order valence-electron chi connectivity index (χ2n) is 5.66. The maximum absolute atomic E-state index is 12.9. The minimum Gasteiger partial charge on any atom is -0.397 e. The molecule has 0 radical (unpaired) electrons. The zero-order valence-electron chi connectivity index (χ0n) is 14.8. The van der Waals surface area contributed by atoms with Crippen molar-refractivity contribution in [3.8, 4) is 0 Å². The van der Waals surface area contributed by atoms with Crippen molar-refractivity contribution in [2.24, 2.45) is 0 Å². The molecule has 2 aromatic rings. The molecule has 0 saturated carbocycles. The Labute approximate surface area is 159 Å². The summed E-state index contributed by atoms with van der Waals surface area (Å²) in [6.07, 6.45) is 0. The highest BCUT2D eigenvalue weighted by Gasteiger charge is 2.08. The number of ether oxygens (including phenoxy) is 2. The van der Waals surface area contributed by atoms with Gasteiger partial charge in [0.1, 0.15) is 24.8 Å². The molecule has 2 rings (SSSR count). The molecule has 150 valence electrons. The third kappa shape index (κ3) is 6.82. The summed E-state index contributed by atoms with van der Waals surface area (Å²) in [5.74, 6) is -1.95. The Morgan fingerprint density at radius 3 is 1.54 bits per heavy atom. The summed E-state index contributed by atoms with van der Waals surface area (Å²) < 4.78 is 36.1. The second kappa shape index (κ2) is 10.2. The van der Waals surface area contributed by atoms with E-state index in [4.69, 9.17) is 20.9 Å². The quantitative estimate of drug-likeness (QED) is 0.379. The monoisotopic (exact) mass is 394 g/mol. The standard InChI is InChI=1S/C18H20F2N4O4/c19-11-1-3-15(13(21)7-11)23-17(25)9-27-5-6-28-10-18(26)24-16-4-2-12(20)8-14(16)22/h1-4,7-8H,5-6,9-10,21-22H2,(H,23,25)(H,24,26). The fourth-order valence-electron chi connectivity index (χ4n) is 2.12. The van der Waals surface area contributed by atoms with E-state index in [1.54, 1.807) is 0 Å². The maximum atomic E-state index is 12.9. The number of carbonyl (C=O) groups is 2. The molecule has 0 fully saturated rings. The number of carbonyl (C=O) groups excluding carboxylic acids is 2. The molecule has 0 aliphatic heterocycles. The number of benzene rings is 2. The van der Waals surface area contributed by atoms with Gasteiger partial charge in [0.05, 0.1) is 36.0 Å². The molecule has 28 heavy (non-hydrogen) atoms. The number of nitrogen functional groups attached to an aromatic ring is 2.